The minimum absolute atomic E-state index is 0.232. The fourth-order valence-electron chi connectivity index (χ4n) is 6.22. The predicted octanol–water partition coefficient (Wildman–Crippen LogP) is 7.38. The first-order valence-electron chi connectivity index (χ1n) is 12.8. The van der Waals surface area contributed by atoms with Gasteiger partial charge in [0.05, 0.1) is 0 Å². The molecule has 1 fully saturated rings. The van der Waals surface area contributed by atoms with E-state index in [1.807, 2.05) is 0 Å². The Morgan fingerprint density at radius 2 is 1.61 bits per heavy atom. The van der Waals surface area contributed by atoms with Gasteiger partial charge in [0.1, 0.15) is 11.4 Å². The van der Waals surface area contributed by atoms with E-state index in [2.05, 4.69) is 85.8 Å². The van der Waals surface area contributed by atoms with E-state index < -0.39 is 0 Å². The van der Waals surface area contributed by atoms with E-state index in [-0.39, 0.29) is 5.60 Å². The van der Waals surface area contributed by atoms with Gasteiger partial charge in [-0.15, -0.1) is 0 Å². The van der Waals surface area contributed by atoms with Crippen molar-refractivity contribution in [2.24, 2.45) is 17.6 Å². The molecule has 1 aliphatic carbocycles. The van der Waals surface area contributed by atoms with Gasteiger partial charge < -0.3 is 10.5 Å². The highest BCUT2D eigenvalue weighted by Gasteiger charge is 2.47. The predicted molar refractivity (Wildman–Crippen MR) is 138 cm³/mol. The molecule has 5 rings (SSSR count). The fraction of sp³-hybridized carbons (Fsp3) is 0.419. The molecule has 0 radical (unpaired) electrons. The molecule has 0 aromatic heterocycles. The normalized spacial score (nSPS) is 23.6. The second-order valence-corrected chi connectivity index (χ2v) is 10.3. The molecule has 0 amide bonds. The van der Waals surface area contributed by atoms with Gasteiger partial charge in [-0.05, 0) is 78.2 Å². The second kappa shape index (κ2) is 9.73. The molecule has 3 aromatic carbocycles. The number of fused-ring (bicyclic) bond motifs is 1. The smallest absolute Gasteiger partial charge is 0.125 e. The highest BCUT2D eigenvalue weighted by Crippen LogP contribution is 2.51. The lowest BCUT2D eigenvalue weighted by atomic mass is 9.70. The lowest BCUT2D eigenvalue weighted by Crippen LogP contribution is -2.53. The maximum Gasteiger partial charge on any atom is 0.125 e. The minimum atomic E-state index is -0.232. The molecule has 33 heavy (non-hydrogen) atoms. The van der Waals surface area contributed by atoms with Crippen molar-refractivity contribution in [3.05, 3.63) is 90.0 Å². The summed E-state index contributed by atoms with van der Waals surface area (Å²) in [7, 11) is 0. The number of hydrogen-bond donors (Lipinski definition) is 1. The van der Waals surface area contributed by atoms with Crippen LogP contribution in [-0.2, 0) is 6.42 Å². The third-order valence-electron chi connectivity index (χ3n) is 8.26. The summed E-state index contributed by atoms with van der Waals surface area (Å²) in [5.41, 5.74) is 11.6. The van der Waals surface area contributed by atoms with Crippen LogP contribution in [-0.4, -0.2) is 12.1 Å². The van der Waals surface area contributed by atoms with Crippen LogP contribution in [0.2, 0.25) is 0 Å². The molecule has 3 atom stereocenters. The zero-order valence-corrected chi connectivity index (χ0v) is 19.9. The Hall–Kier alpha value is -2.58. The maximum absolute atomic E-state index is 6.93. The molecule has 0 saturated heterocycles. The van der Waals surface area contributed by atoms with Crippen molar-refractivity contribution >= 4 is 0 Å². The Bertz CT molecular complexity index is 1040. The summed E-state index contributed by atoms with van der Waals surface area (Å²) in [4.78, 5) is 0. The van der Waals surface area contributed by atoms with Gasteiger partial charge in [0.15, 0.2) is 0 Å². The molecule has 0 bridgehead atoms. The van der Waals surface area contributed by atoms with Gasteiger partial charge in [-0.1, -0.05) is 92.6 Å². The van der Waals surface area contributed by atoms with Crippen LogP contribution in [0, 0.1) is 11.8 Å². The SMILES string of the molecule is CC(CCc1ccccc1)C1CC(CN)(C2CCCC2)Oc2cc(-c3ccccc3)ccc21. The van der Waals surface area contributed by atoms with Crippen LogP contribution in [0.25, 0.3) is 11.1 Å². The zero-order chi connectivity index (χ0) is 22.7. The Balaban J connectivity index is 1.48. The molecule has 172 valence electrons. The van der Waals surface area contributed by atoms with Crippen molar-refractivity contribution in [3.8, 4) is 16.9 Å². The van der Waals surface area contributed by atoms with Crippen molar-refractivity contribution in [1.29, 1.82) is 0 Å². The standard InChI is InChI=1S/C31H37NO/c1-23(16-17-24-10-4-2-5-11-24)29-21-31(22-32,27-14-8-9-15-27)33-30-20-26(18-19-28(29)30)25-12-6-3-7-13-25/h2-7,10-13,18-20,23,27,29H,8-9,14-17,21-22,32H2,1H3. The molecule has 2 nitrogen and oxygen atoms in total. The average molecular weight is 440 g/mol. The first-order valence-corrected chi connectivity index (χ1v) is 12.8. The van der Waals surface area contributed by atoms with Crippen LogP contribution in [0.15, 0.2) is 78.9 Å². The van der Waals surface area contributed by atoms with Crippen molar-refractivity contribution in [3.63, 3.8) is 0 Å². The maximum atomic E-state index is 6.93. The monoisotopic (exact) mass is 439 g/mol. The lowest BCUT2D eigenvalue weighted by Gasteiger charge is -2.47. The van der Waals surface area contributed by atoms with Gasteiger partial charge in [0, 0.05) is 6.54 Å². The van der Waals surface area contributed by atoms with Crippen molar-refractivity contribution in [2.75, 3.05) is 6.54 Å². The fourth-order valence-corrected chi connectivity index (χ4v) is 6.22. The van der Waals surface area contributed by atoms with E-state index >= 15 is 0 Å². The van der Waals surface area contributed by atoms with Gasteiger partial charge in [-0.2, -0.15) is 0 Å². The minimum Gasteiger partial charge on any atom is -0.485 e. The van der Waals surface area contributed by atoms with Crippen LogP contribution in [0.4, 0.5) is 0 Å². The molecule has 1 heterocycles. The third-order valence-corrected chi connectivity index (χ3v) is 8.26. The van der Waals surface area contributed by atoms with Crippen LogP contribution >= 0.6 is 0 Å². The molecule has 3 aromatic rings. The summed E-state index contributed by atoms with van der Waals surface area (Å²) >= 11 is 0. The largest absolute Gasteiger partial charge is 0.485 e. The van der Waals surface area contributed by atoms with E-state index in [1.54, 1.807) is 0 Å². The first kappa shape index (κ1) is 22.2. The van der Waals surface area contributed by atoms with E-state index in [0.717, 1.165) is 18.6 Å². The van der Waals surface area contributed by atoms with E-state index in [9.17, 15) is 0 Å². The summed E-state index contributed by atoms with van der Waals surface area (Å²) in [5.74, 6) is 2.69. The summed E-state index contributed by atoms with van der Waals surface area (Å²) < 4.78 is 6.93. The molecule has 2 heteroatoms. The molecule has 1 saturated carbocycles. The molecular weight excluding hydrogens is 402 g/mol. The summed E-state index contributed by atoms with van der Waals surface area (Å²) in [6, 6.07) is 28.4. The van der Waals surface area contributed by atoms with Crippen molar-refractivity contribution in [2.45, 2.75) is 63.4 Å². The summed E-state index contributed by atoms with van der Waals surface area (Å²) in [6.45, 7) is 3.04. The summed E-state index contributed by atoms with van der Waals surface area (Å²) in [5, 5.41) is 0. The third kappa shape index (κ3) is 4.59. The number of hydrogen-bond acceptors (Lipinski definition) is 2. The van der Waals surface area contributed by atoms with E-state index in [1.165, 1.54) is 54.4 Å². The molecule has 1 aliphatic heterocycles. The van der Waals surface area contributed by atoms with Crippen LogP contribution in [0.5, 0.6) is 5.75 Å². The van der Waals surface area contributed by atoms with Gasteiger partial charge in [-0.3, -0.25) is 0 Å². The summed E-state index contributed by atoms with van der Waals surface area (Å²) in [6.07, 6.45) is 8.45. The van der Waals surface area contributed by atoms with Crippen molar-refractivity contribution < 1.29 is 4.74 Å². The number of aryl methyl sites for hydroxylation is 1. The molecule has 0 spiro atoms. The number of rotatable bonds is 7. The van der Waals surface area contributed by atoms with Gasteiger partial charge in [0.2, 0.25) is 0 Å². The number of nitrogens with two attached hydrogens (primary N) is 1. The van der Waals surface area contributed by atoms with Crippen LogP contribution < -0.4 is 10.5 Å². The molecule has 2 N–H and O–H groups in total. The zero-order valence-electron chi connectivity index (χ0n) is 19.9. The quantitative estimate of drug-likeness (QED) is 0.417. The Kier molecular flexibility index (Phi) is 6.55. The van der Waals surface area contributed by atoms with E-state index in [0.29, 0.717) is 24.3 Å². The Morgan fingerprint density at radius 1 is 0.909 bits per heavy atom. The highest BCUT2D eigenvalue weighted by molar-refractivity contribution is 5.66. The van der Waals surface area contributed by atoms with Gasteiger partial charge >= 0.3 is 0 Å². The second-order valence-electron chi connectivity index (χ2n) is 10.3. The molecule has 3 unspecified atom stereocenters. The topological polar surface area (TPSA) is 35.2 Å². The Morgan fingerprint density at radius 3 is 2.30 bits per heavy atom. The Labute approximate surface area is 199 Å². The average Bonchev–Trinajstić information content (AvgIpc) is 3.43. The van der Waals surface area contributed by atoms with Crippen molar-refractivity contribution in [1.82, 2.24) is 0 Å². The van der Waals surface area contributed by atoms with E-state index in [4.69, 9.17) is 10.5 Å². The number of ether oxygens (including phenoxy) is 1. The molecular formula is C31H37NO. The first-order chi connectivity index (χ1) is 16.2. The van der Waals surface area contributed by atoms with Gasteiger partial charge in [0.25, 0.3) is 0 Å². The van der Waals surface area contributed by atoms with Gasteiger partial charge in [-0.25, -0.2) is 0 Å². The highest BCUT2D eigenvalue weighted by atomic mass is 16.5. The van der Waals surface area contributed by atoms with Crippen LogP contribution in [0.1, 0.15) is 62.5 Å². The van der Waals surface area contributed by atoms with Crippen LogP contribution in [0.3, 0.4) is 0 Å². The lowest BCUT2D eigenvalue weighted by molar-refractivity contribution is -0.0162. The number of benzene rings is 3. The molecule has 2 aliphatic rings.